The third-order valence-electron chi connectivity index (χ3n) is 5.03. The Hall–Kier alpha value is -1.39. The maximum atomic E-state index is 12.9. The van der Waals surface area contributed by atoms with E-state index in [1.807, 2.05) is 12.1 Å². The summed E-state index contributed by atoms with van der Waals surface area (Å²) in [6.45, 7) is 9.92. The highest BCUT2D eigenvalue weighted by Gasteiger charge is 2.29. The van der Waals surface area contributed by atoms with Gasteiger partial charge in [-0.2, -0.15) is 0 Å². The van der Waals surface area contributed by atoms with Crippen LogP contribution in [-0.2, 0) is 0 Å². The van der Waals surface area contributed by atoms with Crippen LogP contribution in [0.3, 0.4) is 0 Å². The second-order valence-corrected chi connectivity index (χ2v) is 6.73. The molecule has 1 unspecified atom stereocenters. The Morgan fingerprint density at radius 3 is 2.55 bits per heavy atom. The van der Waals surface area contributed by atoms with E-state index in [4.69, 9.17) is 4.74 Å². The smallest absolute Gasteiger partial charge is 0.171 e. The van der Waals surface area contributed by atoms with Gasteiger partial charge in [0.15, 0.2) is 5.78 Å². The van der Waals surface area contributed by atoms with Gasteiger partial charge in [-0.25, -0.2) is 0 Å². The molecule has 3 rings (SSSR count). The van der Waals surface area contributed by atoms with Gasteiger partial charge in [0.05, 0.1) is 12.2 Å². The lowest BCUT2D eigenvalue weighted by Gasteiger charge is -2.34. The van der Waals surface area contributed by atoms with E-state index in [0.29, 0.717) is 6.61 Å². The largest absolute Gasteiger partial charge is 0.493 e. The van der Waals surface area contributed by atoms with Gasteiger partial charge < -0.3 is 14.5 Å². The second kappa shape index (κ2) is 6.39. The van der Waals surface area contributed by atoms with Gasteiger partial charge in [0.1, 0.15) is 5.75 Å². The fraction of sp³-hybridized carbons (Fsp3) is 0.611. The van der Waals surface area contributed by atoms with Crippen molar-refractivity contribution in [2.24, 2.45) is 5.92 Å². The number of hydrogen-bond acceptors (Lipinski definition) is 4. The number of piperazine rings is 1. The molecule has 2 aliphatic heterocycles. The van der Waals surface area contributed by atoms with Gasteiger partial charge in [-0.15, -0.1) is 0 Å². The molecule has 22 heavy (non-hydrogen) atoms. The molecule has 1 saturated heterocycles. The van der Waals surface area contributed by atoms with Crippen LogP contribution in [0.1, 0.15) is 27.9 Å². The van der Waals surface area contributed by atoms with Crippen LogP contribution >= 0.6 is 0 Å². The summed E-state index contributed by atoms with van der Waals surface area (Å²) in [7, 11) is 2.16. The molecule has 0 aromatic heterocycles. The normalized spacial score (nSPS) is 23.8. The summed E-state index contributed by atoms with van der Waals surface area (Å²) < 4.78 is 5.84. The summed E-state index contributed by atoms with van der Waals surface area (Å²) in [6, 6.07) is 4.02. The van der Waals surface area contributed by atoms with E-state index >= 15 is 0 Å². The molecule has 0 radical (unpaired) electrons. The van der Waals surface area contributed by atoms with Crippen molar-refractivity contribution in [2.75, 3.05) is 46.4 Å². The highest BCUT2D eigenvalue weighted by molar-refractivity contribution is 6.01. The fourth-order valence-corrected chi connectivity index (χ4v) is 3.28. The predicted molar refractivity (Wildman–Crippen MR) is 87.8 cm³/mol. The maximum absolute atomic E-state index is 12.9. The molecule has 1 atom stereocenters. The Balaban J connectivity index is 1.76. The highest BCUT2D eigenvalue weighted by Crippen LogP contribution is 2.30. The zero-order valence-electron chi connectivity index (χ0n) is 13.9. The molecule has 2 heterocycles. The van der Waals surface area contributed by atoms with Gasteiger partial charge in [-0.05, 0) is 50.6 Å². The minimum Gasteiger partial charge on any atom is -0.493 e. The number of aryl methyl sites for hydroxylation is 2. The molecule has 0 saturated carbocycles. The zero-order valence-corrected chi connectivity index (χ0v) is 13.9. The van der Waals surface area contributed by atoms with Gasteiger partial charge in [0, 0.05) is 38.6 Å². The molecule has 4 heteroatoms. The Bertz CT molecular complexity index is 562. The van der Waals surface area contributed by atoms with Crippen LogP contribution < -0.4 is 4.74 Å². The fourth-order valence-electron chi connectivity index (χ4n) is 3.28. The quantitative estimate of drug-likeness (QED) is 0.838. The van der Waals surface area contributed by atoms with E-state index in [1.54, 1.807) is 0 Å². The third kappa shape index (κ3) is 3.18. The minimum absolute atomic E-state index is 0.0618. The van der Waals surface area contributed by atoms with E-state index in [9.17, 15) is 4.79 Å². The van der Waals surface area contributed by atoms with Crippen LogP contribution in [0.2, 0.25) is 0 Å². The topological polar surface area (TPSA) is 32.8 Å². The van der Waals surface area contributed by atoms with E-state index in [0.717, 1.165) is 56.0 Å². The lowest BCUT2D eigenvalue weighted by molar-refractivity contribution is 0.0825. The number of carbonyl (C=O) groups is 1. The number of carbonyl (C=O) groups excluding carboxylic acids is 1. The van der Waals surface area contributed by atoms with Crippen LogP contribution in [0.25, 0.3) is 0 Å². The Kier molecular flexibility index (Phi) is 4.50. The summed E-state index contributed by atoms with van der Waals surface area (Å²) >= 11 is 0. The molecule has 0 spiro atoms. The van der Waals surface area contributed by atoms with Crippen LogP contribution in [0.4, 0.5) is 0 Å². The SMILES string of the molecule is Cc1cc2c(cc1C)C(=O)C(CN1CCN(C)CC1)CCO2. The second-order valence-electron chi connectivity index (χ2n) is 6.73. The number of likely N-dealkylation sites (N-methyl/N-ethyl adjacent to an activating group) is 1. The molecule has 1 aromatic carbocycles. The van der Waals surface area contributed by atoms with Crippen molar-refractivity contribution in [1.29, 1.82) is 0 Å². The molecular weight excluding hydrogens is 276 g/mol. The summed E-state index contributed by atoms with van der Waals surface area (Å²) in [6.07, 6.45) is 0.817. The van der Waals surface area contributed by atoms with Crippen molar-refractivity contribution in [3.05, 3.63) is 28.8 Å². The first kappa shape index (κ1) is 15.5. The van der Waals surface area contributed by atoms with E-state index in [-0.39, 0.29) is 11.7 Å². The van der Waals surface area contributed by atoms with Crippen molar-refractivity contribution >= 4 is 5.78 Å². The first-order valence-corrected chi connectivity index (χ1v) is 8.24. The molecular formula is C18H26N2O2. The molecule has 0 amide bonds. The molecule has 0 N–H and O–H groups in total. The average molecular weight is 302 g/mol. The van der Waals surface area contributed by atoms with Gasteiger partial charge in [0.25, 0.3) is 0 Å². The lowest BCUT2D eigenvalue weighted by atomic mass is 9.92. The summed E-state index contributed by atoms with van der Waals surface area (Å²) in [5, 5.41) is 0. The molecule has 1 aromatic rings. The van der Waals surface area contributed by atoms with Crippen LogP contribution in [0.15, 0.2) is 12.1 Å². The predicted octanol–water partition coefficient (Wildman–Crippen LogP) is 2.13. The minimum atomic E-state index is 0.0618. The zero-order chi connectivity index (χ0) is 15.7. The molecule has 4 nitrogen and oxygen atoms in total. The molecule has 0 bridgehead atoms. The number of rotatable bonds is 2. The summed E-state index contributed by atoms with van der Waals surface area (Å²) in [5.41, 5.74) is 3.12. The number of ketones is 1. The van der Waals surface area contributed by atoms with Crippen molar-refractivity contribution in [3.8, 4) is 5.75 Å². The van der Waals surface area contributed by atoms with Gasteiger partial charge in [-0.3, -0.25) is 4.79 Å². The lowest BCUT2D eigenvalue weighted by Crippen LogP contribution is -2.47. The van der Waals surface area contributed by atoms with E-state index in [2.05, 4.69) is 30.7 Å². The van der Waals surface area contributed by atoms with Crippen LogP contribution in [-0.4, -0.2) is 62.0 Å². The van der Waals surface area contributed by atoms with E-state index < -0.39 is 0 Å². The Morgan fingerprint density at radius 1 is 1.14 bits per heavy atom. The number of benzene rings is 1. The monoisotopic (exact) mass is 302 g/mol. The number of ether oxygens (including phenoxy) is 1. The van der Waals surface area contributed by atoms with Crippen molar-refractivity contribution in [1.82, 2.24) is 9.80 Å². The molecule has 2 aliphatic rings. The standard InChI is InChI=1S/C18H26N2O2/c1-13-10-16-17(11-14(13)2)22-9-4-15(18(16)21)12-20-7-5-19(3)6-8-20/h10-11,15H,4-9,12H2,1-3H3. The van der Waals surface area contributed by atoms with Crippen molar-refractivity contribution in [3.63, 3.8) is 0 Å². The Morgan fingerprint density at radius 2 is 1.82 bits per heavy atom. The number of nitrogens with zero attached hydrogens (tertiary/aromatic N) is 2. The van der Waals surface area contributed by atoms with Crippen molar-refractivity contribution < 1.29 is 9.53 Å². The Labute approximate surface area is 133 Å². The van der Waals surface area contributed by atoms with Crippen molar-refractivity contribution in [2.45, 2.75) is 20.3 Å². The number of hydrogen-bond donors (Lipinski definition) is 0. The third-order valence-corrected chi connectivity index (χ3v) is 5.03. The first-order valence-electron chi connectivity index (χ1n) is 8.24. The number of Topliss-reactive ketones (excluding diaryl/α,β-unsaturated/α-hetero) is 1. The summed E-state index contributed by atoms with van der Waals surface area (Å²) in [4.78, 5) is 17.7. The van der Waals surface area contributed by atoms with Gasteiger partial charge >= 0.3 is 0 Å². The van der Waals surface area contributed by atoms with Gasteiger partial charge in [0.2, 0.25) is 0 Å². The number of fused-ring (bicyclic) bond motifs is 1. The summed E-state index contributed by atoms with van der Waals surface area (Å²) in [5.74, 6) is 1.09. The molecule has 120 valence electrons. The molecule has 0 aliphatic carbocycles. The molecule has 1 fully saturated rings. The van der Waals surface area contributed by atoms with Gasteiger partial charge in [-0.1, -0.05) is 0 Å². The van der Waals surface area contributed by atoms with Crippen LogP contribution in [0.5, 0.6) is 5.75 Å². The van der Waals surface area contributed by atoms with E-state index in [1.165, 1.54) is 5.56 Å². The van der Waals surface area contributed by atoms with Crippen LogP contribution in [0, 0.1) is 19.8 Å². The highest BCUT2D eigenvalue weighted by atomic mass is 16.5. The maximum Gasteiger partial charge on any atom is 0.171 e. The first-order chi connectivity index (χ1) is 10.5. The average Bonchev–Trinajstić information content (AvgIpc) is 2.63.